The average molecular weight is 344 g/mol. The number of aliphatic carboxylic acids is 1. The lowest BCUT2D eigenvalue weighted by Gasteiger charge is -2.29. The van der Waals surface area contributed by atoms with Crippen LogP contribution in [0.25, 0.3) is 0 Å². The van der Waals surface area contributed by atoms with Crippen LogP contribution in [0.2, 0.25) is 0 Å². The summed E-state index contributed by atoms with van der Waals surface area (Å²) in [4.78, 5) is 51.4. The van der Waals surface area contributed by atoms with Crippen LogP contribution in [0.15, 0.2) is 11.6 Å². The number of alkyl halides is 1. The van der Waals surface area contributed by atoms with E-state index in [1.807, 2.05) is 0 Å². The molecule has 0 unspecified atom stereocenters. The SMILES string of the molecule is CC1=C[C@H]2CN(C(=O)N2O[C@@H](F)C(=O)O)[C@@H]1C(=O)NCCC(N)=O. The van der Waals surface area contributed by atoms with Crippen LogP contribution in [0.3, 0.4) is 0 Å². The van der Waals surface area contributed by atoms with E-state index in [4.69, 9.17) is 10.8 Å². The first-order valence-electron chi connectivity index (χ1n) is 7.10. The lowest BCUT2D eigenvalue weighted by molar-refractivity contribution is -0.219. The molecule has 0 aromatic heterocycles. The molecule has 24 heavy (non-hydrogen) atoms. The van der Waals surface area contributed by atoms with Gasteiger partial charge in [0.05, 0.1) is 12.6 Å². The highest BCUT2D eigenvalue weighted by atomic mass is 19.1. The van der Waals surface area contributed by atoms with Crippen molar-refractivity contribution in [2.45, 2.75) is 31.8 Å². The van der Waals surface area contributed by atoms with Gasteiger partial charge in [-0.3, -0.25) is 9.59 Å². The summed E-state index contributed by atoms with van der Waals surface area (Å²) in [6.45, 7) is 1.68. The maximum atomic E-state index is 13.2. The van der Waals surface area contributed by atoms with E-state index in [2.05, 4.69) is 10.2 Å². The summed E-state index contributed by atoms with van der Waals surface area (Å²) in [5.41, 5.74) is 5.50. The molecule has 2 aliphatic rings. The van der Waals surface area contributed by atoms with Crippen molar-refractivity contribution in [3.8, 4) is 0 Å². The summed E-state index contributed by atoms with van der Waals surface area (Å²) >= 11 is 0. The van der Waals surface area contributed by atoms with Crippen molar-refractivity contribution in [1.82, 2.24) is 15.3 Å². The van der Waals surface area contributed by atoms with E-state index in [0.717, 1.165) is 4.90 Å². The number of fused-ring (bicyclic) bond motifs is 2. The van der Waals surface area contributed by atoms with Crippen LogP contribution in [0.1, 0.15) is 13.3 Å². The van der Waals surface area contributed by atoms with Crippen LogP contribution in [0, 0.1) is 0 Å². The molecule has 11 heteroatoms. The number of carboxylic acid groups (broad SMARTS) is 1. The van der Waals surface area contributed by atoms with E-state index in [9.17, 15) is 23.6 Å². The zero-order chi connectivity index (χ0) is 18.0. The Morgan fingerprint density at radius 1 is 1.54 bits per heavy atom. The minimum atomic E-state index is -2.69. The molecule has 0 aromatic rings. The maximum Gasteiger partial charge on any atom is 0.368 e. The highest BCUT2D eigenvalue weighted by Gasteiger charge is 2.48. The van der Waals surface area contributed by atoms with E-state index >= 15 is 0 Å². The summed E-state index contributed by atoms with van der Waals surface area (Å²) in [6, 6.07) is -2.45. The van der Waals surface area contributed by atoms with Gasteiger partial charge >= 0.3 is 18.4 Å². The largest absolute Gasteiger partial charge is 0.477 e. The number of carbonyl (C=O) groups is 4. The average Bonchev–Trinajstić information content (AvgIpc) is 2.72. The molecule has 4 N–H and O–H groups in total. The molecule has 0 saturated carbocycles. The quantitative estimate of drug-likeness (QED) is 0.491. The fraction of sp³-hybridized carbons (Fsp3) is 0.538. The molecule has 2 bridgehead atoms. The fourth-order valence-electron chi connectivity index (χ4n) is 2.62. The van der Waals surface area contributed by atoms with Gasteiger partial charge in [0.25, 0.3) is 0 Å². The summed E-state index contributed by atoms with van der Waals surface area (Å²) in [5.74, 6) is -2.96. The molecular formula is C13H17FN4O6. The molecule has 0 radical (unpaired) electrons. The number of hydroxylamine groups is 2. The maximum absolute atomic E-state index is 13.2. The number of hydrogen-bond acceptors (Lipinski definition) is 5. The molecular weight excluding hydrogens is 327 g/mol. The van der Waals surface area contributed by atoms with Crippen LogP contribution in [-0.2, 0) is 19.2 Å². The molecule has 0 spiro atoms. The molecule has 1 fully saturated rings. The van der Waals surface area contributed by atoms with E-state index in [-0.39, 0.29) is 19.5 Å². The number of nitrogens with two attached hydrogens (primary N) is 1. The summed E-state index contributed by atoms with van der Waals surface area (Å²) in [5, 5.41) is 11.6. The van der Waals surface area contributed by atoms with E-state index in [0.29, 0.717) is 10.6 Å². The second kappa shape index (κ2) is 6.83. The van der Waals surface area contributed by atoms with Crippen molar-refractivity contribution in [2.24, 2.45) is 5.73 Å². The Hall–Kier alpha value is -2.69. The number of halogens is 1. The van der Waals surface area contributed by atoms with Gasteiger partial charge in [-0.2, -0.15) is 5.06 Å². The Morgan fingerprint density at radius 2 is 2.21 bits per heavy atom. The highest BCUT2D eigenvalue weighted by Crippen LogP contribution is 2.30. The molecule has 2 heterocycles. The number of rotatable bonds is 7. The molecule has 132 valence electrons. The van der Waals surface area contributed by atoms with Gasteiger partial charge in [-0.15, -0.1) is 0 Å². The third kappa shape index (κ3) is 3.45. The van der Waals surface area contributed by atoms with Crippen molar-refractivity contribution in [3.05, 3.63) is 11.6 Å². The molecule has 3 atom stereocenters. The standard InChI is InChI=1S/C13H17FN4O6/c1-6-4-7-5-17(9(6)11(20)16-3-2-8(15)19)13(23)18(7)24-10(14)12(21)22/h4,7,9-10H,2-3,5H2,1H3,(H2,15,19)(H,16,20)(H,21,22)/t7-,9-,10+/m0/s1. The first-order valence-corrected chi connectivity index (χ1v) is 7.10. The first-order chi connectivity index (χ1) is 11.2. The van der Waals surface area contributed by atoms with Crippen molar-refractivity contribution in [3.63, 3.8) is 0 Å². The molecule has 2 rings (SSSR count). The van der Waals surface area contributed by atoms with Crippen molar-refractivity contribution < 1.29 is 33.5 Å². The van der Waals surface area contributed by atoms with Crippen LogP contribution in [0.4, 0.5) is 9.18 Å². The van der Waals surface area contributed by atoms with Gasteiger partial charge in [0, 0.05) is 13.0 Å². The molecule has 2 aliphatic heterocycles. The van der Waals surface area contributed by atoms with Crippen molar-refractivity contribution in [2.75, 3.05) is 13.1 Å². The predicted octanol–water partition coefficient (Wildman–Crippen LogP) is -1.28. The normalized spacial score (nSPS) is 23.8. The minimum Gasteiger partial charge on any atom is -0.477 e. The Balaban J connectivity index is 2.08. The predicted molar refractivity (Wildman–Crippen MR) is 75.7 cm³/mol. The number of amides is 4. The number of urea groups is 1. The van der Waals surface area contributed by atoms with Crippen molar-refractivity contribution in [1.29, 1.82) is 0 Å². The first kappa shape index (κ1) is 17.7. The molecule has 4 amide bonds. The van der Waals surface area contributed by atoms with Gasteiger partial charge in [-0.25, -0.2) is 18.8 Å². The van der Waals surface area contributed by atoms with Gasteiger partial charge in [0.15, 0.2) is 0 Å². The van der Waals surface area contributed by atoms with Crippen LogP contribution in [0.5, 0.6) is 0 Å². The molecule has 0 aliphatic carbocycles. The van der Waals surface area contributed by atoms with Gasteiger partial charge in [0.1, 0.15) is 6.04 Å². The number of hydrogen-bond donors (Lipinski definition) is 3. The fourth-order valence-corrected chi connectivity index (χ4v) is 2.62. The molecule has 1 saturated heterocycles. The zero-order valence-electron chi connectivity index (χ0n) is 12.8. The second-order valence-electron chi connectivity index (χ2n) is 5.41. The number of nitrogens with one attached hydrogen (secondary N) is 1. The smallest absolute Gasteiger partial charge is 0.368 e. The van der Waals surface area contributed by atoms with Gasteiger partial charge in [0.2, 0.25) is 11.8 Å². The zero-order valence-corrected chi connectivity index (χ0v) is 12.8. The highest BCUT2D eigenvalue weighted by molar-refractivity contribution is 5.91. The van der Waals surface area contributed by atoms with Gasteiger partial charge in [-0.05, 0) is 12.5 Å². The Kier molecular flexibility index (Phi) is 5.02. The van der Waals surface area contributed by atoms with E-state index in [1.165, 1.54) is 6.08 Å². The lowest BCUT2D eigenvalue weighted by Crippen LogP contribution is -2.50. The topological polar surface area (TPSA) is 142 Å². The number of carboxylic acids is 1. The van der Waals surface area contributed by atoms with Gasteiger partial charge in [-0.1, -0.05) is 6.08 Å². The number of nitrogens with zero attached hydrogens (tertiary/aromatic N) is 2. The summed E-state index contributed by atoms with van der Waals surface area (Å²) < 4.78 is 13.2. The summed E-state index contributed by atoms with van der Waals surface area (Å²) in [7, 11) is 0. The van der Waals surface area contributed by atoms with E-state index in [1.54, 1.807) is 6.92 Å². The van der Waals surface area contributed by atoms with E-state index < -0.39 is 42.3 Å². The molecule has 10 nitrogen and oxygen atoms in total. The number of primary amides is 1. The van der Waals surface area contributed by atoms with Crippen LogP contribution < -0.4 is 11.1 Å². The molecule has 0 aromatic carbocycles. The Bertz CT molecular complexity index is 609. The number of carbonyl (C=O) groups excluding carboxylic acids is 3. The third-order valence-corrected chi connectivity index (χ3v) is 3.64. The lowest BCUT2D eigenvalue weighted by atomic mass is 10.00. The second-order valence-corrected chi connectivity index (χ2v) is 5.41. The Labute approximate surface area is 136 Å². The van der Waals surface area contributed by atoms with Crippen molar-refractivity contribution >= 4 is 23.8 Å². The summed E-state index contributed by atoms with van der Waals surface area (Å²) in [6.07, 6.45) is -1.20. The van der Waals surface area contributed by atoms with Crippen LogP contribution in [-0.4, -0.2) is 70.4 Å². The van der Waals surface area contributed by atoms with Gasteiger partial charge < -0.3 is 21.1 Å². The Morgan fingerprint density at radius 3 is 2.79 bits per heavy atom. The monoisotopic (exact) mass is 344 g/mol. The third-order valence-electron chi connectivity index (χ3n) is 3.64. The minimum absolute atomic E-state index is 0.0230. The van der Waals surface area contributed by atoms with Crippen LogP contribution >= 0.6 is 0 Å².